The molecule has 0 aliphatic heterocycles. The smallest absolute Gasteiger partial charge is 0.230 e. The number of anilines is 1. The molecule has 8 nitrogen and oxygen atoms in total. The molecule has 0 spiro atoms. The molecule has 1 heterocycles. The van der Waals surface area contributed by atoms with E-state index < -0.39 is 0 Å². The number of carbonyl (C=O) groups is 2. The lowest BCUT2D eigenvalue weighted by molar-refractivity contribution is -0.119. The Morgan fingerprint density at radius 1 is 0.829 bits per heavy atom. The van der Waals surface area contributed by atoms with Gasteiger partial charge in [0.15, 0.2) is 0 Å². The predicted molar refractivity (Wildman–Crippen MR) is 139 cm³/mol. The lowest BCUT2D eigenvalue weighted by Crippen LogP contribution is -2.28. The first-order valence-corrected chi connectivity index (χ1v) is 12.2. The predicted octanol–water partition coefficient (Wildman–Crippen LogP) is 3.43. The SMILES string of the molecule is N/C(=C\C=C(/N)NC(=O)Cc1ccccc1)CCCCc1nnc(NC(=O)Cc2ccccc2)s1. The lowest BCUT2D eigenvalue weighted by atomic mass is 10.1. The summed E-state index contributed by atoms with van der Waals surface area (Å²) in [6, 6.07) is 19.0. The van der Waals surface area contributed by atoms with Gasteiger partial charge in [0.1, 0.15) is 10.8 Å². The zero-order chi connectivity index (χ0) is 24.9. The molecule has 1 aromatic heterocycles. The Bertz CT molecular complexity index is 1160. The second kappa shape index (κ2) is 13.7. The number of nitrogens with two attached hydrogens (primary N) is 2. The number of nitrogens with one attached hydrogen (secondary N) is 2. The molecule has 6 N–H and O–H groups in total. The summed E-state index contributed by atoms with van der Waals surface area (Å²) < 4.78 is 0. The van der Waals surface area contributed by atoms with E-state index in [9.17, 15) is 9.59 Å². The molecule has 2 aromatic carbocycles. The number of aromatic nitrogens is 2. The van der Waals surface area contributed by atoms with Gasteiger partial charge in [-0.15, -0.1) is 10.2 Å². The Morgan fingerprint density at radius 2 is 1.46 bits per heavy atom. The topological polar surface area (TPSA) is 136 Å². The monoisotopic (exact) mass is 490 g/mol. The fraction of sp³-hybridized carbons (Fsp3) is 0.231. The van der Waals surface area contributed by atoms with Crippen LogP contribution >= 0.6 is 11.3 Å². The Hall–Kier alpha value is -3.98. The summed E-state index contributed by atoms with van der Waals surface area (Å²) in [5, 5.41) is 15.0. The minimum atomic E-state index is -0.176. The van der Waals surface area contributed by atoms with E-state index in [1.54, 1.807) is 12.2 Å². The summed E-state index contributed by atoms with van der Waals surface area (Å²) in [4.78, 5) is 24.2. The maximum absolute atomic E-state index is 12.1. The third-order valence-corrected chi connectivity index (χ3v) is 5.89. The van der Waals surface area contributed by atoms with Crippen molar-refractivity contribution in [2.45, 2.75) is 38.5 Å². The normalized spacial score (nSPS) is 11.8. The van der Waals surface area contributed by atoms with Crippen LogP contribution in [0.4, 0.5) is 5.13 Å². The van der Waals surface area contributed by atoms with Gasteiger partial charge in [-0.1, -0.05) is 72.0 Å². The number of benzene rings is 2. The van der Waals surface area contributed by atoms with Gasteiger partial charge in [-0.2, -0.15) is 0 Å². The van der Waals surface area contributed by atoms with Gasteiger partial charge in [0, 0.05) is 12.1 Å². The second-order valence-corrected chi connectivity index (χ2v) is 9.05. The molecule has 3 aromatic rings. The molecule has 0 atom stereocenters. The molecule has 35 heavy (non-hydrogen) atoms. The molecule has 0 saturated carbocycles. The summed E-state index contributed by atoms with van der Waals surface area (Å²) >= 11 is 1.38. The molecule has 0 aliphatic carbocycles. The van der Waals surface area contributed by atoms with Crippen LogP contribution in [0.15, 0.2) is 84.3 Å². The molecular formula is C26H30N6O2S. The standard InChI is InChI=1S/C26H30N6O2S/c27-21(15-16-22(28)29-23(33)17-19-9-3-1-4-10-19)13-7-8-14-25-31-32-26(35-25)30-24(34)18-20-11-5-2-6-12-20/h1-6,9-12,15-16H,7-8,13-14,17-18,27-28H2,(H,29,33)(H,30,32,34)/b21-15-,22-16+. The van der Waals surface area contributed by atoms with Crippen LogP contribution in [0.5, 0.6) is 0 Å². The Kier molecular flexibility index (Phi) is 10.0. The lowest BCUT2D eigenvalue weighted by Gasteiger charge is -2.05. The Balaban J connectivity index is 1.33. The number of aryl methyl sites for hydroxylation is 1. The van der Waals surface area contributed by atoms with E-state index in [-0.39, 0.29) is 24.1 Å². The number of rotatable bonds is 12. The summed E-state index contributed by atoms with van der Waals surface area (Å²) in [6.45, 7) is 0. The average molecular weight is 491 g/mol. The molecule has 0 unspecified atom stereocenters. The van der Waals surface area contributed by atoms with Crippen molar-refractivity contribution in [1.82, 2.24) is 15.5 Å². The molecule has 0 aliphatic rings. The van der Waals surface area contributed by atoms with E-state index in [2.05, 4.69) is 20.8 Å². The third kappa shape index (κ3) is 9.81. The molecule has 0 fully saturated rings. The fourth-order valence-electron chi connectivity index (χ4n) is 3.26. The van der Waals surface area contributed by atoms with Gasteiger partial charge in [0.25, 0.3) is 0 Å². The second-order valence-electron chi connectivity index (χ2n) is 7.99. The van der Waals surface area contributed by atoms with Crippen LogP contribution in [0.3, 0.4) is 0 Å². The van der Waals surface area contributed by atoms with Crippen molar-refractivity contribution in [2.75, 3.05) is 5.32 Å². The summed E-state index contributed by atoms with van der Waals surface area (Å²) in [7, 11) is 0. The maximum Gasteiger partial charge on any atom is 0.230 e. The van der Waals surface area contributed by atoms with E-state index in [4.69, 9.17) is 11.5 Å². The maximum atomic E-state index is 12.1. The van der Waals surface area contributed by atoms with Gasteiger partial charge in [0.05, 0.1) is 12.8 Å². The number of allylic oxidation sites excluding steroid dienone is 3. The van der Waals surface area contributed by atoms with E-state index >= 15 is 0 Å². The van der Waals surface area contributed by atoms with Crippen LogP contribution in [-0.4, -0.2) is 22.0 Å². The number of unbranched alkanes of at least 4 members (excludes halogenated alkanes) is 1. The highest BCUT2D eigenvalue weighted by Gasteiger charge is 2.09. The number of hydrogen-bond acceptors (Lipinski definition) is 7. The molecule has 182 valence electrons. The van der Waals surface area contributed by atoms with Crippen molar-refractivity contribution in [3.8, 4) is 0 Å². The first kappa shape index (κ1) is 25.6. The zero-order valence-corrected chi connectivity index (χ0v) is 20.3. The first-order chi connectivity index (χ1) is 17.0. The van der Waals surface area contributed by atoms with Gasteiger partial charge in [0.2, 0.25) is 16.9 Å². The van der Waals surface area contributed by atoms with Crippen LogP contribution in [-0.2, 0) is 28.9 Å². The largest absolute Gasteiger partial charge is 0.402 e. The first-order valence-electron chi connectivity index (χ1n) is 11.4. The van der Waals surface area contributed by atoms with Gasteiger partial charge < -0.3 is 22.1 Å². The molecule has 2 amide bonds. The molecular weight excluding hydrogens is 460 g/mol. The number of carbonyl (C=O) groups excluding carboxylic acids is 2. The van der Waals surface area contributed by atoms with Crippen molar-refractivity contribution < 1.29 is 9.59 Å². The Morgan fingerprint density at radius 3 is 2.11 bits per heavy atom. The van der Waals surface area contributed by atoms with Crippen LogP contribution in [0.25, 0.3) is 0 Å². The van der Waals surface area contributed by atoms with Crippen molar-refractivity contribution in [1.29, 1.82) is 0 Å². The number of hydrogen-bond donors (Lipinski definition) is 4. The van der Waals surface area contributed by atoms with Crippen LogP contribution < -0.4 is 22.1 Å². The average Bonchev–Trinajstić information content (AvgIpc) is 3.28. The number of amides is 2. The van der Waals surface area contributed by atoms with E-state index in [1.807, 2.05) is 60.7 Å². The fourth-order valence-corrected chi connectivity index (χ4v) is 4.06. The number of nitrogens with zero attached hydrogens (tertiary/aromatic N) is 2. The summed E-state index contributed by atoms with van der Waals surface area (Å²) in [6.07, 6.45) is 7.08. The third-order valence-electron chi connectivity index (χ3n) is 5.00. The van der Waals surface area contributed by atoms with Crippen molar-refractivity contribution in [2.24, 2.45) is 11.5 Å². The van der Waals surface area contributed by atoms with Gasteiger partial charge in [-0.3, -0.25) is 9.59 Å². The highest BCUT2D eigenvalue weighted by molar-refractivity contribution is 7.15. The van der Waals surface area contributed by atoms with E-state index in [0.29, 0.717) is 23.7 Å². The highest BCUT2D eigenvalue weighted by Crippen LogP contribution is 2.18. The molecule has 9 heteroatoms. The van der Waals surface area contributed by atoms with Crippen molar-refractivity contribution >= 4 is 28.3 Å². The molecule has 0 saturated heterocycles. The minimum Gasteiger partial charge on any atom is -0.402 e. The minimum absolute atomic E-state index is 0.111. The summed E-state index contributed by atoms with van der Waals surface area (Å²) in [5.74, 6) is -0.0328. The van der Waals surface area contributed by atoms with Gasteiger partial charge in [-0.25, -0.2) is 0 Å². The molecule has 0 radical (unpaired) electrons. The van der Waals surface area contributed by atoms with Crippen molar-refractivity contribution in [3.05, 3.63) is 100 Å². The van der Waals surface area contributed by atoms with Crippen LogP contribution in [0.2, 0.25) is 0 Å². The van der Waals surface area contributed by atoms with Gasteiger partial charge in [-0.05, 0) is 42.5 Å². The van der Waals surface area contributed by atoms with Gasteiger partial charge >= 0.3 is 0 Å². The van der Waals surface area contributed by atoms with E-state index in [0.717, 1.165) is 35.4 Å². The van der Waals surface area contributed by atoms with E-state index in [1.165, 1.54) is 11.3 Å². The molecule has 3 rings (SSSR count). The summed E-state index contributed by atoms with van der Waals surface area (Å²) in [5.41, 5.74) is 14.5. The highest BCUT2D eigenvalue weighted by atomic mass is 32.1. The quantitative estimate of drug-likeness (QED) is 0.227. The van der Waals surface area contributed by atoms with Crippen LogP contribution in [0.1, 0.15) is 35.4 Å². The van der Waals surface area contributed by atoms with Crippen molar-refractivity contribution in [3.63, 3.8) is 0 Å². The molecule has 0 bridgehead atoms. The van der Waals surface area contributed by atoms with Crippen LogP contribution in [0, 0.1) is 0 Å². The zero-order valence-electron chi connectivity index (χ0n) is 19.4. The Labute approximate surface area is 209 Å².